The molecule has 2 aliphatic rings. The Morgan fingerprint density at radius 1 is 1.50 bits per heavy atom. The fourth-order valence-electron chi connectivity index (χ4n) is 2.49. The highest BCUT2D eigenvalue weighted by atomic mass is 32.2. The number of nitrogens with two attached hydrogens (primary N) is 1. The fourth-order valence-corrected chi connectivity index (χ4v) is 3.28. The van der Waals surface area contributed by atoms with Crippen LogP contribution in [-0.2, 0) is 9.53 Å². The summed E-state index contributed by atoms with van der Waals surface area (Å²) in [5.74, 6) is 0.334. The van der Waals surface area contributed by atoms with Gasteiger partial charge in [-0.1, -0.05) is 0 Å². The van der Waals surface area contributed by atoms with Crippen LogP contribution >= 0.6 is 11.8 Å². The van der Waals surface area contributed by atoms with Crippen molar-refractivity contribution in [3.63, 3.8) is 0 Å². The molecule has 1 fully saturated rings. The Morgan fingerprint density at radius 2 is 2.32 bits per heavy atom. The molecular formula is C14H17N3O4S. The smallest absolute Gasteiger partial charge is 0.414 e. The zero-order chi connectivity index (χ0) is 15.7. The summed E-state index contributed by atoms with van der Waals surface area (Å²) in [5, 5.41) is 12.7. The van der Waals surface area contributed by atoms with Gasteiger partial charge in [0.25, 0.3) is 0 Å². The second-order valence-electron chi connectivity index (χ2n) is 5.19. The average molecular weight is 323 g/mol. The number of anilines is 2. The summed E-state index contributed by atoms with van der Waals surface area (Å²) in [7, 11) is 0. The van der Waals surface area contributed by atoms with Gasteiger partial charge in [0.2, 0.25) is 5.91 Å². The van der Waals surface area contributed by atoms with Gasteiger partial charge in [-0.15, -0.1) is 11.8 Å². The van der Waals surface area contributed by atoms with Gasteiger partial charge in [0, 0.05) is 10.6 Å². The van der Waals surface area contributed by atoms with Crippen LogP contribution < -0.4 is 16.0 Å². The first-order valence-corrected chi connectivity index (χ1v) is 8.00. The Hall–Kier alpha value is -1.77. The molecule has 0 saturated carbocycles. The number of hydrogen-bond donors (Lipinski definition) is 3. The Kier molecular flexibility index (Phi) is 4.23. The summed E-state index contributed by atoms with van der Waals surface area (Å²) < 4.78 is 5.20. The molecule has 0 aliphatic carbocycles. The molecule has 1 aromatic carbocycles. The summed E-state index contributed by atoms with van der Waals surface area (Å²) >= 11 is 1.46. The van der Waals surface area contributed by atoms with Crippen LogP contribution in [-0.4, -0.2) is 48.2 Å². The highest BCUT2D eigenvalue weighted by Gasteiger charge is 2.36. The molecule has 4 N–H and O–H groups in total. The maximum Gasteiger partial charge on any atom is 0.414 e. The molecule has 0 bridgehead atoms. The Balaban J connectivity index is 1.78. The number of hydrogen-bond acceptors (Lipinski definition) is 6. The minimum Gasteiger partial charge on any atom is -0.441 e. The van der Waals surface area contributed by atoms with Crippen molar-refractivity contribution in [2.24, 2.45) is 5.73 Å². The summed E-state index contributed by atoms with van der Waals surface area (Å²) in [4.78, 5) is 25.9. The van der Waals surface area contributed by atoms with E-state index in [2.05, 4.69) is 5.32 Å². The minimum atomic E-state index is -0.771. The maximum absolute atomic E-state index is 12.0. The van der Waals surface area contributed by atoms with E-state index in [1.807, 2.05) is 12.1 Å². The molecule has 118 valence electrons. The molecule has 0 spiro atoms. The number of nitrogens with zero attached hydrogens (tertiary/aromatic N) is 1. The Bertz CT molecular complexity index is 610. The highest BCUT2D eigenvalue weighted by molar-refractivity contribution is 8.00. The number of aliphatic hydroxyl groups excluding tert-OH is 1. The van der Waals surface area contributed by atoms with Gasteiger partial charge in [0.1, 0.15) is 6.10 Å². The lowest BCUT2D eigenvalue weighted by Gasteiger charge is -2.20. The van der Waals surface area contributed by atoms with Crippen LogP contribution in [0.3, 0.4) is 0 Å². The van der Waals surface area contributed by atoms with Gasteiger partial charge < -0.3 is 20.9 Å². The molecule has 2 atom stereocenters. The lowest BCUT2D eigenvalue weighted by Crippen LogP contribution is -2.32. The van der Waals surface area contributed by atoms with E-state index < -0.39 is 18.3 Å². The summed E-state index contributed by atoms with van der Waals surface area (Å²) in [6.45, 7) is 0.594. The monoisotopic (exact) mass is 323 g/mol. The summed E-state index contributed by atoms with van der Waals surface area (Å²) in [6.07, 6.45) is -1.48. The van der Waals surface area contributed by atoms with Crippen LogP contribution in [0.5, 0.6) is 0 Å². The van der Waals surface area contributed by atoms with E-state index >= 15 is 0 Å². The Morgan fingerprint density at radius 3 is 3.09 bits per heavy atom. The Labute approximate surface area is 131 Å². The quantitative estimate of drug-likeness (QED) is 0.756. The van der Waals surface area contributed by atoms with Crippen LogP contribution in [0.2, 0.25) is 0 Å². The number of benzene rings is 1. The first kappa shape index (κ1) is 15.1. The van der Waals surface area contributed by atoms with Crippen LogP contribution in [0.15, 0.2) is 23.1 Å². The van der Waals surface area contributed by atoms with Gasteiger partial charge in [0.05, 0.1) is 24.1 Å². The van der Waals surface area contributed by atoms with Crippen molar-refractivity contribution in [1.29, 1.82) is 0 Å². The number of thioether (sulfide) groups is 1. The lowest BCUT2D eigenvalue weighted by molar-refractivity contribution is -0.113. The molecule has 2 unspecified atom stereocenters. The molecule has 7 nitrogen and oxygen atoms in total. The van der Waals surface area contributed by atoms with Gasteiger partial charge in [-0.05, 0) is 31.2 Å². The number of cyclic esters (lactones) is 1. The van der Waals surface area contributed by atoms with Gasteiger partial charge in [-0.25, -0.2) is 4.79 Å². The fraction of sp³-hybridized carbons (Fsp3) is 0.429. The van der Waals surface area contributed by atoms with E-state index in [9.17, 15) is 14.7 Å². The van der Waals surface area contributed by atoms with Crippen molar-refractivity contribution >= 4 is 35.1 Å². The molecule has 8 heteroatoms. The van der Waals surface area contributed by atoms with Gasteiger partial charge in [-0.3, -0.25) is 9.69 Å². The molecule has 0 aromatic heterocycles. The van der Waals surface area contributed by atoms with Crippen molar-refractivity contribution in [1.82, 2.24) is 0 Å². The topological polar surface area (TPSA) is 105 Å². The van der Waals surface area contributed by atoms with Crippen molar-refractivity contribution in [3.05, 3.63) is 18.2 Å². The molecular weight excluding hydrogens is 306 g/mol. The third-order valence-corrected chi connectivity index (χ3v) is 4.71. The predicted molar refractivity (Wildman–Crippen MR) is 83.1 cm³/mol. The largest absolute Gasteiger partial charge is 0.441 e. The van der Waals surface area contributed by atoms with E-state index in [-0.39, 0.29) is 12.5 Å². The second kappa shape index (κ2) is 6.15. The third-order valence-electron chi connectivity index (χ3n) is 3.63. The van der Waals surface area contributed by atoms with Crippen LogP contribution in [0.1, 0.15) is 6.42 Å². The summed E-state index contributed by atoms with van der Waals surface area (Å²) in [6, 6.07) is 5.42. The van der Waals surface area contributed by atoms with Gasteiger partial charge >= 0.3 is 6.09 Å². The highest BCUT2D eigenvalue weighted by Crippen LogP contribution is 2.35. The van der Waals surface area contributed by atoms with Crippen LogP contribution in [0.25, 0.3) is 0 Å². The number of amides is 2. The number of carbonyl (C=O) groups is 2. The minimum absolute atomic E-state index is 0.0603. The molecule has 2 aliphatic heterocycles. The van der Waals surface area contributed by atoms with Crippen molar-refractivity contribution in [2.45, 2.75) is 23.5 Å². The standard InChI is InChI=1S/C14H17N3O4S/c15-4-3-10(18)11-6-17(14(20)21-11)8-1-2-12-9(5-8)16-13(19)7-22-12/h1-2,5,10-11,18H,3-4,6-7,15H2,(H,16,19). The molecule has 1 aromatic rings. The third kappa shape index (κ3) is 2.90. The van der Waals surface area contributed by atoms with Crippen molar-refractivity contribution in [3.8, 4) is 0 Å². The normalized spacial score (nSPS) is 22.1. The molecule has 3 rings (SSSR count). The molecule has 0 radical (unpaired) electrons. The van der Waals surface area contributed by atoms with E-state index in [0.717, 1.165) is 4.90 Å². The number of nitrogens with one attached hydrogen (secondary N) is 1. The summed E-state index contributed by atoms with van der Waals surface area (Å²) in [5.41, 5.74) is 6.74. The molecule has 1 saturated heterocycles. The van der Waals surface area contributed by atoms with Crippen molar-refractivity contribution in [2.75, 3.05) is 29.1 Å². The van der Waals surface area contributed by atoms with Crippen LogP contribution in [0, 0.1) is 0 Å². The van der Waals surface area contributed by atoms with Gasteiger partial charge in [-0.2, -0.15) is 0 Å². The maximum atomic E-state index is 12.0. The van der Waals surface area contributed by atoms with E-state index in [1.54, 1.807) is 6.07 Å². The zero-order valence-electron chi connectivity index (χ0n) is 11.8. The van der Waals surface area contributed by atoms with Gasteiger partial charge in [0.15, 0.2) is 0 Å². The average Bonchev–Trinajstić information content (AvgIpc) is 2.89. The van der Waals surface area contributed by atoms with Crippen LogP contribution in [0.4, 0.5) is 16.2 Å². The number of carbonyl (C=O) groups excluding carboxylic acids is 2. The number of fused-ring (bicyclic) bond motifs is 1. The molecule has 2 heterocycles. The first-order valence-electron chi connectivity index (χ1n) is 7.01. The SMILES string of the molecule is NCCC(O)C1CN(c2ccc3c(c2)NC(=O)CS3)C(=O)O1. The number of aliphatic hydroxyl groups is 1. The first-order chi connectivity index (χ1) is 10.6. The zero-order valence-corrected chi connectivity index (χ0v) is 12.6. The lowest BCUT2D eigenvalue weighted by atomic mass is 10.1. The number of ether oxygens (including phenoxy) is 1. The van der Waals surface area contributed by atoms with Crippen molar-refractivity contribution < 1.29 is 19.4 Å². The van der Waals surface area contributed by atoms with E-state index in [1.165, 1.54) is 16.7 Å². The second-order valence-corrected chi connectivity index (χ2v) is 6.21. The molecule has 22 heavy (non-hydrogen) atoms. The van der Waals surface area contributed by atoms with E-state index in [4.69, 9.17) is 10.5 Å². The predicted octanol–water partition coefficient (Wildman–Crippen LogP) is 0.766. The molecule has 2 amide bonds. The number of rotatable bonds is 4. The van der Waals surface area contributed by atoms with E-state index in [0.29, 0.717) is 30.1 Å².